The van der Waals surface area contributed by atoms with E-state index in [2.05, 4.69) is 0 Å². The van der Waals surface area contributed by atoms with Gasteiger partial charge in [-0.15, -0.1) is 0 Å². The first-order valence-electron chi connectivity index (χ1n) is 11.1. The molecule has 2 fully saturated rings. The van der Waals surface area contributed by atoms with Crippen molar-refractivity contribution in [3.8, 4) is 5.75 Å². The minimum atomic E-state index is -3.76. The van der Waals surface area contributed by atoms with Crippen LogP contribution in [0.1, 0.15) is 24.2 Å². The molecule has 2 saturated heterocycles. The Kier molecular flexibility index (Phi) is 7.33. The summed E-state index contributed by atoms with van der Waals surface area (Å²) in [4.78, 5) is 15.0. The highest BCUT2D eigenvalue weighted by Crippen LogP contribution is 2.30. The lowest BCUT2D eigenvalue weighted by Crippen LogP contribution is -2.46. The van der Waals surface area contributed by atoms with Gasteiger partial charge in [0, 0.05) is 19.6 Å². The third kappa shape index (κ3) is 5.38. The molecule has 0 bridgehead atoms. The Bertz CT molecular complexity index is 1070. The molecule has 0 radical (unpaired) electrons. The van der Waals surface area contributed by atoms with Crippen molar-refractivity contribution in [2.24, 2.45) is 0 Å². The number of hydrogen-bond donors (Lipinski definition) is 0. The molecule has 8 nitrogen and oxygen atoms in total. The Morgan fingerprint density at radius 1 is 1.09 bits per heavy atom. The van der Waals surface area contributed by atoms with Crippen molar-refractivity contribution < 1.29 is 27.4 Å². The van der Waals surface area contributed by atoms with Crippen LogP contribution in [0.2, 0.25) is 0 Å². The zero-order valence-electron chi connectivity index (χ0n) is 19.0. The Morgan fingerprint density at radius 3 is 2.52 bits per heavy atom. The summed E-state index contributed by atoms with van der Waals surface area (Å²) in [5.41, 5.74) is 1.66. The van der Waals surface area contributed by atoms with E-state index in [1.165, 1.54) is 11.4 Å². The minimum Gasteiger partial charge on any atom is -0.495 e. The van der Waals surface area contributed by atoms with Crippen molar-refractivity contribution in [3.05, 3.63) is 59.7 Å². The van der Waals surface area contributed by atoms with E-state index in [1.54, 1.807) is 23.1 Å². The number of carbonyl (C=O) groups excluding carboxylic acids is 1. The molecule has 2 aromatic rings. The second-order valence-electron chi connectivity index (χ2n) is 8.32. The van der Waals surface area contributed by atoms with Crippen molar-refractivity contribution in [2.45, 2.75) is 30.4 Å². The van der Waals surface area contributed by atoms with Gasteiger partial charge in [0.05, 0.1) is 39.4 Å². The molecule has 1 amide bonds. The zero-order chi connectivity index (χ0) is 23.4. The molecule has 0 aromatic heterocycles. The van der Waals surface area contributed by atoms with Crippen molar-refractivity contribution in [1.29, 1.82) is 0 Å². The number of rotatable bonds is 6. The number of nitrogens with zero attached hydrogens (tertiary/aromatic N) is 2. The van der Waals surface area contributed by atoms with Crippen molar-refractivity contribution >= 4 is 15.9 Å². The maximum atomic E-state index is 13.2. The SMILES string of the molecule is COc1ccc(CC(=O)N2CC(C)OC(c3ccccc3)C2)cc1S(=O)(=O)N1CCOCC1. The van der Waals surface area contributed by atoms with E-state index in [9.17, 15) is 13.2 Å². The first-order valence-corrected chi connectivity index (χ1v) is 12.6. The maximum absolute atomic E-state index is 13.2. The Morgan fingerprint density at radius 2 is 1.82 bits per heavy atom. The predicted octanol–water partition coefficient (Wildman–Crippen LogP) is 2.25. The van der Waals surface area contributed by atoms with Gasteiger partial charge < -0.3 is 19.1 Å². The molecule has 2 aliphatic rings. The molecular formula is C24H30N2O6S. The lowest BCUT2D eigenvalue weighted by molar-refractivity contribution is -0.144. The summed E-state index contributed by atoms with van der Waals surface area (Å²) in [6.45, 7) is 4.21. The molecule has 9 heteroatoms. The number of methoxy groups -OCH3 is 1. The van der Waals surface area contributed by atoms with Crippen LogP contribution in [0.5, 0.6) is 5.75 Å². The van der Waals surface area contributed by atoms with Crippen LogP contribution in [0, 0.1) is 0 Å². The fourth-order valence-electron chi connectivity index (χ4n) is 4.25. The molecule has 178 valence electrons. The molecule has 33 heavy (non-hydrogen) atoms. The molecule has 4 rings (SSSR count). The molecular weight excluding hydrogens is 444 g/mol. The summed E-state index contributed by atoms with van der Waals surface area (Å²) in [7, 11) is -2.32. The number of sulfonamides is 1. The van der Waals surface area contributed by atoms with Gasteiger partial charge >= 0.3 is 0 Å². The monoisotopic (exact) mass is 474 g/mol. The normalized spacial score (nSPS) is 22.2. The second-order valence-corrected chi connectivity index (χ2v) is 10.2. The second kappa shape index (κ2) is 10.2. The van der Waals surface area contributed by atoms with E-state index in [0.29, 0.717) is 45.0 Å². The number of benzene rings is 2. The molecule has 2 aliphatic heterocycles. The van der Waals surface area contributed by atoms with E-state index in [1.807, 2.05) is 37.3 Å². The maximum Gasteiger partial charge on any atom is 0.246 e. The largest absolute Gasteiger partial charge is 0.495 e. The van der Waals surface area contributed by atoms with Crippen LogP contribution in [-0.2, 0) is 30.7 Å². The number of ether oxygens (including phenoxy) is 3. The van der Waals surface area contributed by atoms with Crippen molar-refractivity contribution in [2.75, 3.05) is 46.5 Å². The van der Waals surface area contributed by atoms with Gasteiger partial charge in [-0.2, -0.15) is 4.31 Å². The van der Waals surface area contributed by atoms with Crippen molar-refractivity contribution in [1.82, 2.24) is 9.21 Å². The first-order chi connectivity index (χ1) is 15.9. The van der Waals surface area contributed by atoms with Gasteiger partial charge in [0.25, 0.3) is 0 Å². The quantitative estimate of drug-likeness (QED) is 0.639. The predicted molar refractivity (Wildman–Crippen MR) is 123 cm³/mol. The highest BCUT2D eigenvalue weighted by molar-refractivity contribution is 7.89. The van der Waals surface area contributed by atoms with E-state index in [4.69, 9.17) is 14.2 Å². The van der Waals surface area contributed by atoms with Crippen LogP contribution in [-0.4, -0.2) is 76.1 Å². The van der Waals surface area contributed by atoms with Gasteiger partial charge in [-0.05, 0) is 30.2 Å². The van der Waals surface area contributed by atoms with E-state index >= 15 is 0 Å². The van der Waals surface area contributed by atoms with Crippen LogP contribution in [0.3, 0.4) is 0 Å². The van der Waals surface area contributed by atoms with Crippen LogP contribution >= 0.6 is 0 Å². The summed E-state index contributed by atoms with van der Waals surface area (Å²) in [6.07, 6.45) is -0.183. The summed E-state index contributed by atoms with van der Waals surface area (Å²) in [6, 6.07) is 14.8. The lowest BCUT2D eigenvalue weighted by Gasteiger charge is -2.37. The van der Waals surface area contributed by atoms with Gasteiger partial charge in [-0.1, -0.05) is 36.4 Å². The molecule has 0 N–H and O–H groups in total. The summed E-state index contributed by atoms with van der Waals surface area (Å²) in [5.74, 6) is 0.202. The highest BCUT2D eigenvalue weighted by atomic mass is 32.2. The standard InChI is InChI=1S/C24H30N2O6S/c1-18-16-25(17-22(32-18)20-6-4-3-5-7-20)24(27)15-19-8-9-21(30-2)23(14-19)33(28,29)26-10-12-31-13-11-26/h3-9,14,18,22H,10-13,15-17H2,1-2H3. The third-order valence-corrected chi connectivity index (χ3v) is 7.88. The van der Waals surface area contributed by atoms with Gasteiger partial charge in [0.1, 0.15) is 16.7 Å². The molecule has 0 saturated carbocycles. The molecule has 0 aliphatic carbocycles. The van der Waals surface area contributed by atoms with Crippen LogP contribution in [0.15, 0.2) is 53.4 Å². The topological polar surface area (TPSA) is 85.4 Å². The van der Waals surface area contributed by atoms with E-state index < -0.39 is 10.0 Å². The van der Waals surface area contributed by atoms with E-state index in [0.717, 1.165) is 5.56 Å². The van der Waals surface area contributed by atoms with Crippen LogP contribution in [0.4, 0.5) is 0 Å². The lowest BCUT2D eigenvalue weighted by atomic mass is 10.1. The average Bonchev–Trinajstić information content (AvgIpc) is 2.84. The molecule has 0 spiro atoms. The summed E-state index contributed by atoms with van der Waals surface area (Å²) >= 11 is 0. The molecule has 2 atom stereocenters. The smallest absolute Gasteiger partial charge is 0.246 e. The van der Waals surface area contributed by atoms with Crippen molar-refractivity contribution in [3.63, 3.8) is 0 Å². The number of morpholine rings is 2. The fourth-order valence-corrected chi connectivity index (χ4v) is 5.87. The Balaban J connectivity index is 1.52. The van der Waals surface area contributed by atoms with E-state index in [-0.39, 0.29) is 35.2 Å². The summed E-state index contributed by atoms with van der Waals surface area (Å²) < 4.78 is 44.5. The molecule has 2 heterocycles. The summed E-state index contributed by atoms with van der Waals surface area (Å²) in [5, 5.41) is 0. The Hall–Kier alpha value is -2.46. The first kappa shape index (κ1) is 23.7. The van der Waals surface area contributed by atoms with Gasteiger partial charge in [0.15, 0.2) is 0 Å². The third-order valence-electron chi connectivity index (χ3n) is 5.96. The van der Waals surface area contributed by atoms with Gasteiger partial charge in [0.2, 0.25) is 15.9 Å². The number of amides is 1. The fraction of sp³-hybridized carbons (Fsp3) is 0.458. The average molecular weight is 475 g/mol. The zero-order valence-corrected chi connectivity index (χ0v) is 19.8. The number of carbonyl (C=O) groups is 1. The minimum absolute atomic E-state index is 0.0639. The highest BCUT2D eigenvalue weighted by Gasteiger charge is 2.31. The molecule has 2 unspecified atom stereocenters. The number of hydrogen-bond acceptors (Lipinski definition) is 6. The van der Waals surface area contributed by atoms with Gasteiger partial charge in [-0.3, -0.25) is 4.79 Å². The Labute approximate surface area is 195 Å². The van der Waals surface area contributed by atoms with Gasteiger partial charge in [-0.25, -0.2) is 8.42 Å². The van der Waals surface area contributed by atoms with Crippen LogP contribution in [0.25, 0.3) is 0 Å². The molecule has 2 aromatic carbocycles. The van der Waals surface area contributed by atoms with Crippen LogP contribution < -0.4 is 4.74 Å².